The number of hydrogen-bond donors (Lipinski definition) is 1. The Balaban J connectivity index is 2.36. The summed E-state index contributed by atoms with van der Waals surface area (Å²) < 4.78 is 3.35. The number of nitrogens with zero attached hydrogens (tertiary/aromatic N) is 1. The minimum Gasteiger partial charge on any atom is -0.467 e. The normalized spacial score (nSPS) is 39.0. The molecule has 0 saturated carbocycles. The lowest BCUT2D eigenvalue weighted by atomic mass is 9.88. The SMILES string of the molecule is COC(=O)[C@@H]1N2C(=O)[C@](Br)(C(C)O)[C@H]2SC1(C)C. The number of rotatable bonds is 2. The number of amides is 1. The average molecular weight is 338 g/mol. The van der Waals surface area contributed by atoms with E-state index in [0.717, 1.165) is 0 Å². The Hall–Kier alpha value is -0.270. The molecule has 1 amide bonds. The number of carbonyl (C=O) groups is 2. The second-order valence-corrected chi connectivity index (χ2v) is 8.20. The topological polar surface area (TPSA) is 66.8 Å². The third-order valence-electron chi connectivity index (χ3n) is 3.56. The fourth-order valence-corrected chi connectivity index (χ4v) is 4.94. The summed E-state index contributed by atoms with van der Waals surface area (Å²) in [5, 5.41) is 9.53. The molecule has 2 saturated heterocycles. The van der Waals surface area contributed by atoms with Crippen molar-refractivity contribution in [3.8, 4) is 0 Å². The van der Waals surface area contributed by atoms with Crippen LogP contribution in [0.4, 0.5) is 0 Å². The minimum absolute atomic E-state index is 0.246. The predicted octanol–water partition coefficient (Wildman–Crippen LogP) is 0.736. The summed E-state index contributed by atoms with van der Waals surface area (Å²) >= 11 is 4.85. The number of fused-ring (bicyclic) bond motifs is 1. The highest BCUT2D eigenvalue weighted by molar-refractivity contribution is 9.10. The van der Waals surface area contributed by atoms with E-state index in [2.05, 4.69) is 15.9 Å². The van der Waals surface area contributed by atoms with Crippen molar-refractivity contribution in [1.82, 2.24) is 4.90 Å². The van der Waals surface area contributed by atoms with E-state index in [-0.39, 0.29) is 11.3 Å². The van der Waals surface area contributed by atoms with Gasteiger partial charge in [0.15, 0.2) is 4.32 Å². The van der Waals surface area contributed by atoms with Crippen LogP contribution in [0.5, 0.6) is 0 Å². The summed E-state index contributed by atoms with van der Waals surface area (Å²) in [6.07, 6.45) is -0.814. The van der Waals surface area contributed by atoms with Crippen molar-refractivity contribution in [2.45, 2.75) is 47.4 Å². The number of methoxy groups -OCH3 is 1. The molecule has 1 N–H and O–H groups in total. The van der Waals surface area contributed by atoms with E-state index in [1.807, 2.05) is 13.8 Å². The molecule has 0 aromatic rings. The van der Waals surface area contributed by atoms with Gasteiger partial charge in [-0.15, -0.1) is 11.8 Å². The Labute approximate surface area is 118 Å². The van der Waals surface area contributed by atoms with E-state index in [9.17, 15) is 14.7 Å². The van der Waals surface area contributed by atoms with Crippen molar-refractivity contribution in [2.75, 3.05) is 7.11 Å². The Bertz CT molecular complexity index is 414. The molecule has 2 rings (SSSR count). The van der Waals surface area contributed by atoms with Crippen molar-refractivity contribution in [1.29, 1.82) is 0 Å². The Morgan fingerprint density at radius 2 is 2.17 bits per heavy atom. The van der Waals surface area contributed by atoms with Crippen LogP contribution in [0.3, 0.4) is 0 Å². The summed E-state index contributed by atoms with van der Waals surface area (Å²) in [6.45, 7) is 5.38. The van der Waals surface area contributed by atoms with Crippen LogP contribution in [-0.2, 0) is 14.3 Å². The van der Waals surface area contributed by atoms with Crippen LogP contribution < -0.4 is 0 Å². The lowest BCUT2D eigenvalue weighted by Crippen LogP contribution is -2.74. The molecule has 0 radical (unpaired) electrons. The van der Waals surface area contributed by atoms with Gasteiger partial charge in [0.1, 0.15) is 11.4 Å². The number of halogens is 1. The molecule has 1 unspecified atom stereocenters. The van der Waals surface area contributed by atoms with Gasteiger partial charge in [0.05, 0.1) is 13.2 Å². The first-order chi connectivity index (χ1) is 8.17. The zero-order valence-corrected chi connectivity index (χ0v) is 13.0. The van der Waals surface area contributed by atoms with Gasteiger partial charge in [-0.1, -0.05) is 15.9 Å². The fraction of sp³-hybridized carbons (Fsp3) is 0.818. The lowest BCUT2D eigenvalue weighted by molar-refractivity contribution is -0.165. The van der Waals surface area contributed by atoms with Crippen LogP contribution in [0, 0.1) is 0 Å². The zero-order valence-electron chi connectivity index (χ0n) is 10.6. The van der Waals surface area contributed by atoms with Crippen molar-refractivity contribution in [3.63, 3.8) is 0 Å². The molecule has 2 aliphatic heterocycles. The molecule has 2 heterocycles. The molecule has 0 aliphatic carbocycles. The maximum Gasteiger partial charge on any atom is 0.330 e. The number of ether oxygens (including phenoxy) is 1. The third kappa shape index (κ3) is 1.56. The van der Waals surface area contributed by atoms with E-state index in [1.54, 1.807) is 6.92 Å². The van der Waals surface area contributed by atoms with Crippen molar-refractivity contribution in [3.05, 3.63) is 0 Å². The maximum absolute atomic E-state index is 12.2. The first-order valence-electron chi connectivity index (χ1n) is 5.63. The van der Waals surface area contributed by atoms with E-state index >= 15 is 0 Å². The fourth-order valence-electron chi connectivity index (χ4n) is 2.52. The van der Waals surface area contributed by atoms with Crippen LogP contribution in [0.25, 0.3) is 0 Å². The van der Waals surface area contributed by atoms with E-state index in [4.69, 9.17) is 4.74 Å². The molecule has 18 heavy (non-hydrogen) atoms. The molecule has 2 fully saturated rings. The van der Waals surface area contributed by atoms with E-state index in [1.165, 1.54) is 23.8 Å². The molecular formula is C11H16BrNO4S. The van der Waals surface area contributed by atoms with Gasteiger partial charge in [0.2, 0.25) is 5.91 Å². The third-order valence-corrected chi connectivity index (χ3v) is 6.95. The zero-order chi connectivity index (χ0) is 13.9. The van der Waals surface area contributed by atoms with Crippen LogP contribution >= 0.6 is 27.7 Å². The highest BCUT2D eigenvalue weighted by Crippen LogP contribution is 2.59. The highest BCUT2D eigenvalue weighted by Gasteiger charge is 2.72. The largest absolute Gasteiger partial charge is 0.467 e. The Kier molecular flexibility index (Phi) is 3.23. The number of alkyl halides is 1. The molecule has 0 bridgehead atoms. The molecule has 102 valence electrons. The van der Waals surface area contributed by atoms with Crippen molar-refractivity contribution < 1.29 is 19.4 Å². The van der Waals surface area contributed by atoms with E-state index < -0.39 is 27.2 Å². The monoisotopic (exact) mass is 337 g/mol. The molecule has 0 aromatic heterocycles. The smallest absolute Gasteiger partial charge is 0.330 e. The standard InChI is InChI=1S/C11H16BrNO4S/c1-5(14)11(12)8(16)13-6(7(15)17-4)10(2,3)18-9(11)13/h5-6,9,14H,1-4H3/t5?,6-,9+,11+/m0/s1. The summed E-state index contributed by atoms with van der Waals surface area (Å²) in [5.74, 6) is -0.667. The second-order valence-electron chi connectivity index (χ2n) is 5.16. The minimum atomic E-state index is -0.988. The number of esters is 1. The van der Waals surface area contributed by atoms with Crippen LogP contribution in [0.2, 0.25) is 0 Å². The van der Waals surface area contributed by atoms with Gasteiger partial charge in [0, 0.05) is 4.75 Å². The lowest BCUT2D eigenvalue weighted by Gasteiger charge is -2.51. The number of hydrogen-bond acceptors (Lipinski definition) is 5. The number of carbonyl (C=O) groups excluding carboxylic acids is 2. The first-order valence-corrected chi connectivity index (χ1v) is 7.30. The second kappa shape index (κ2) is 4.11. The molecule has 5 nitrogen and oxygen atoms in total. The maximum atomic E-state index is 12.2. The van der Waals surface area contributed by atoms with Gasteiger partial charge in [-0.05, 0) is 20.8 Å². The summed E-state index contributed by atoms with van der Waals surface area (Å²) in [6, 6.07) is -0.602. The number of aliphatic hydroxyl groups excluding tert-OH is 1. The Morgan fingerprint density at radius 3 is 2.61 bits per heavy atom. The molecule has 0 aromatic carbocycles. The van der Waals surface area contributed by atoms with Crippen molar-refractivity contribution >= 4 is 39.6 Å². The van der Waals surface area contributed by atoms with Gasteiger partial charge in [-0.25, -0.2) is 4.79 Å². The van der Waals surface area contributed by atoms with E-state index in [0.29, 0.717) is 0 Å². The van der Waals surface area contributed by atoms with Crippen molar-refractivity contribution in [2.24, 2.45) is 0 Å². The van der Waals surface area contributed by atoms with Gasteiger partial charge in [-0.2, -0.15) is 0 Å². The summed E-state index contributed by atoms with van der Waals surface area (Å²) in [5.41, 5.74) is 0. The van der Waals surface area contributed by atoms with Crippen LogP contribution in [0.1, 0.15) is 20.8 Å². The van der Waals surface area contributed by atoms with Gasteiger partial charge in [0.25, 0.3) is 0 Å². The summed E-state index contributed by atoms with van der Waals surface area (Å²) in [7, 11) is 1.32. The van der Waals surface area contributed by atoms with Gasteiger partial charge < -0.3 is 14.7 Å². The van der Waals surface area contributed by atoms with Gasteiger partial charge >= 0.3 is 5.97 Å². The molecule has 0 spiro atoms. The Morgan fingerprint density at radius 1 is 1.61 bits per heavy atom. The van der Waals surface area contributed by atoms with Gasteiger partial charge in [-0.3, -0.25) is 4.79 Å². The van der Waals surface area contributed by atoms with Crippen LogP contribution in [-0.4, -0.2) is 55.6 Å². The predicted molar refractivity (Wildman–Crippen MR) is 71.4 cm³/mol. The number of thioether (sulfide) groups is 1. The molecule has 7 heteroatoms. The van der Waals surface area contributed by atoms with Crippen LogP contribution in [0.15, 0.2) is 0 Å². The highest BCUT2D eigenvalue weighted by atomic mass is 79.9. The first kappa shape index (κ1) is 14.1. The molecular weight excluding hydrogens is 322 g/mol. The molecule has 2 aliphatic rings. The number of aliphatic hydroxyl groups is 1. The number of β-lactam (4-membered cyclic amide) rings is 1. The average Bonchev–Trinajstić information content (AvgIpc) is 2.56. The summed E-state index contributed by atoms with van der Waals surface area (Å²) in [4.78, 5) is 25.6. The quantitative estimate of drug-likeness (QED) is 0.457. The molecule has 4 atom stereocenters.